The highest BCUT2D eigenvalue weighted by Crippen LogP contribution is 2.45. The Morgan fingerprint density at radius 1 is 1.22 bits per heavy atom. The minimum atomic E-state index is -3.77. The number of rotatable bonds is 9. The van der Waals surface area contributed by atoms with Crippen LogP contribution < -0.4 is 15.4 Å². The van der Waals surface area contributed by atoms with Crippen LogP contribution in [0.1, 0.15) is 54.3 Å². The second-order valence-corrected chi connectivity index (χ2v) is 12.9. The highest BCUT2D eigenvalue weighted by molar-refractivity contribution is 7.90. The van der Waals surface area contributed by atoms with Crippen molar-refractivity contribution in [2.45, 2.75) is 62.8 Å². The number of anilines is 3. The molecule has 0 bridgehead atoms. The van der Waals surface area contributed by atoms with Crippen molar-refractivity contribution < 1.29 is 13.2 Å². The molecule has 2 saturated carbocycles. The van der Waals surface area contributed by atoms with Crippen LogP contribution in [0.15, 0.2) is 17.3 Å². The first kappa shape index (κ1) is 23.6. The molecule has 3 heterocycles. The fraction of sp³-hybridized carbons (Fsp3) is 0.565. The van der Waals surface area contributed by atoms with Crippen LogP contribution in [-0.2, 0) is 34.7 Å². The molecule has 1 atom stereocenters. The SMILES string of the molecule is Cc1cc(Nc2nncn2C2CCc3sc(NC(=O)C4CC4)c(S(=O)(=O)NCC4CC4)c3C2)n(C)n1. The second kappa shape index (κ2) is 8.96. The van der Waals surface area contributed by atoms with Crippen molar-refractivity contribution in [3.05, 3.63) is 28.5 Å². The van der Waals surface area contributed by atoms with E-state index in [1.165, 1.54) is 11.3 Å². The molecule has 2 fully saturated rings. The van der Waals surface area contributed by atoms with Crippen LogP contribution >= 0.6 is 11.3 Å². The number of aryl methyl sites for hydroxylation is 3. The number of carbonyl (C=O) groups excluding carboxylic acids is 1. The first-order chi connectivity index (χ1) is 17.3. The molecule has 36 heavy (non-hydrogen) atoms. The summed E-state index contributed by atoms with van der Waals surface area (Å²) in [4.78, 5) is 13.9. The molecule has 3 N–H and O–H groups in total. The van der Waals surface area contributed by atoms with E-state index in [1.807, 2.05) is 24.6 Å². The molecule has 192 valence electrons. The Morgan fingerprint density at radius 3 is 2.72 bits per heavy atom. The van der Waals surface area contributed by atoms with Gasteiger partial charge in [0.2, 0.25) is 21.9 Å². The van der Waals surface area contributed by atoms with E-state index in [0.29, 0.717) is 29.8 Å². The average Bonchev–Trinajstić information content (AvgIpc) is 3.74. The quantitative estimate of drug-likeness (QED) is 0.387. The molecule has 6 rings (SSSR count). The molecule has 3 aliphatic carbocycles. The van der Waals surface area contributed by atoms with Crippen molar-refractivity contribution in [1.82, 2.24) is 29.3 Å². The van der Waals surface area contributed by atoms with Crippen molar-refractivity contribution in [3.8, 4) is 0 Å². The number of hydrogen-bond donors (Lipinski definition) is 3. The second-order valence-electron chi connectivity index (χ2n) is 10.1. The predicted octanol–water partition coefficient (Wildman–Crippen LogP) is 2.89. The van der Waals surface area contributed by atoms with Gasteiger partial charge < -0.3 is 10.6 Å². The molecule has 0 saturated heterocycles. The highest BCUT2D eigenvalue weighted by atomic mass is 32.2. The molecule has 1 amide bonds. The number of hydrogen-bond acceptors (Lipinski definition) is 8. The number of nitrogens with zero attached hydrogens (tertiary/aromatic N) is 5. The molecule has 13 heteroatoms. The molecule has 0 aliphatic heterocycles. The largest absolute Gasteiger partial charge is 0.316 e. The summed E-state index contributed by atoms with van der Waals surface area (Å²) in [5.41, 5.74) is 1.68. The molecule has 0 radical (unpaired) electrons. The van der Waals surface area contributed by atoms with Gasteiger partial charge in [-0.3, -0.25) is 14.0 Å². The van der Waals surface area contributed by atoms with E-state index in [-0.39, 0.29) is 22.8 Å². The zero-order chi connectivity index (χ0) is 25.0. The van der Waals surface area contributed by atoms with Crippen molar-refractivity contribution >= 4 is 44.0 Å². The van der Waals surface area contributed by atoms with Gasteiger partial charge in [0, 0.05) is 36.5 Å². The molecule has 11 nitrogen and oxygen atoms in total. The topological polar surface area (TPSA) is 136 Å². The summed E-state index contributed by atoms with van der Waals surface area (Å²) in [6.45, 7) is 2.37. The van der Waals surface area contributed by atoms with Crippen LogP contribution in [0.3, 0.4) is 0 Å². The van der Waals surface area contributed by atoms with Crippen molar-refractivity contribution in [1.29, 1.82) is 0 Å². The molecule has 3 aromatic heterocycles. The van der Waals surface area contributed by atoms with Crippen LogP contribution in [0.2, 0.25) is 0 Å². The van der Waals surface area contributed by atoms with E-state index < -0.39 is 10.0 Å². The third kappa shape index (κ3) is 4.66. The van der Waals surface area contributed by atoms with Gasteiger partial charge in [0.05, 0.1) is 5.69 Å². The van der Waals surface area contributed by atoms with E-state index in [1.54, 1.807) is 11.0 Å². The summed E-state index contributed by atoms with van der Waals surface area (Å²) in [6.07, 6.45) is 7.56. The normalized spacial score (nSPS) is 19.8. The lowest BCUT2D eigenvalue weighted by Crippen LogP contribution is -2.28. The lowest BCUT2D eigenvalue weighted by molar-refractivity contribution is -0.117. The molecule has 1 unspecified atom stereocenters. The van der Waals surface area contributed by atoms with Gasteiger partial charge in [-0.25, -0.2) is 13.1 Å². The number of thiophene rings is 1. The predicted molar refractivity (Wildman–Crippen MR) is 136 cm³/mol. The highest BCUT2D eigenvalue weighted by Gasteiger charge is 2.37. The van der Waals surface area contributed by atoms with Gasteiger partial charge >= 0.3 is 0 Å². The Kier molecular flexibility index (Phi) is 5.88. The number of nitrogens with one attached hydrogen (secondary N) is 3. The van der Waals surface area contributed by atoms with Gasteiger partial charge in [-0.15, -0.1) is 21.5 Å². The van der Waals surface area contributed by atoms with Gasteiger partial charge in [0.25, 0.3) is 0 Å². The van der Waals surface area contributed by atoms with Crippen molar-refractivity contribution in [3.63, 3.8) is 0 Å². The van der Waals surface area contributed by atoms with Crippen LogP contribution in [-0.4, -0.2) is 45.4 Å². The first-order valence-electron chi connectivity index (χ1n) is 12.4. The fourth-order valence-electron chi connectivity index (χ4n) is 4.77. The number of fused-ring (bicyclic) bond motifs is 1. The molecular weight excluding hydrogens is 500 g/mol. The number of carbonyl (C=O) groups is 1. The summed E-state index contributed by atoms with van der Waals surface area (Å²) >= 11 is 1.40. The van der Waals surface area contributed by atoms with Crippen LogP contribution in [0.25, 0.3) is 0 Å². The van der Waals surface area contributed by atoms with E-state index in [2.05, 4.69) is 30.7 Å². The Labute approximate surface area is 213 Å². The Balaban J connectivity index is 1.31. The van der Waals surface area contributed by atoms with Gasteiger partial charge in [0.15, 0.2) is 0 Å². The Bertz CT molecular complexity index is 1410. The summed E-state index contributed by atoms with van der Waals surface area (Å²) in [7, 11) is -1.91. The maximum absolute atomic E-state index is 13.5. The monoisotopic (exact) mass is 530 g/mol. The van der Waals surface area contributed by atoms with Gasteiger partial charge in [-0.1, -0.05) is 0 Å². The van der Waals surface area contributed by atoms with E-state index >= 15 is 0 Å². The smallest absolute Gasteiger partial charge is 0.243 e. The van der Waals surface area contributed by atoms with Crippen LogP contribution in [0, 0.1) is 18.8 Å². The standard InChI is InChI=1S/C23H30N8O3S2/c1-13-9-19(30(2)29-13)26-23-28-24-12-31(23)16-7-8-18-17(10-16)20(36(33,34)25-11-14-3-4-14)22(35-18)27-21(32)15-5-6-15/h9,12,14-16,25H,3-8,10-11H2,1-2H3,(H,26,28)(H,27,32). The van der Waals surface area contributed by atoms with E-state index in [4.69, 9.17) is 0 Å². The van der Waals surface area contributed by atoms with Crippen molar-refractivity contribution in [2.75, 3.05) is 17.2 Å². The maximum Gasteiger partial charge on any atom is 0.243 e. The summed E-state index contributed by atoms with van der Waals surface area (Å²) in [5, 5.41) is 19.5. The van der Waals surface area contributed by atoms with Gasteiger partial charge in [-0.2, -0.15) is 5.10 Å². The average molecular weight is 531 g/mol. The van der Waals surface area contributed by atoms with Crippen LogP contribution in [0.4, 0.5) is 16.8 Å². The van der Waals surface area contributed by atoms with Crippen molar-refractivity contribution in [2.24, 2.45) is 18.9 Å². The summed E-state index contributed by atoms with van der Waals surface area (Å²) in [5.74, 6) is 1.70. The Morgan fingerprint density at radius 2 is 2.03 bits per heavy atom. The number of aromatic nitrogens is 5. The van der Waals surface area contributed by atoms with Gasteiger partial charge in [0.1, 0.15) is 22.0 Å². The molecule has 0 spiro atoms. The maximum atomic E-state index is 13.5. The zero-order valence-corrected chi connectivity index (χ0v) is 22.0. The van der Waals surface area contributed by atoms with Crippen LogP contribution in [0.5, 0.6) is 0 Å². The zero-order valence-electron chi connectivity index (χ0n) is 20.3. The fourth-order valence-corrected chi connectivity index (χ4v) is 7.85. The minimum Gasteiger partial charge on any atom is -0.316 e. The van der Waals surface area contributed by atoms with Gasteiger partial charge in [-0.05, 0) is 63.4 Å². The molecular formula is C23H30N8O3S2. The molecule has 0 aromatic carbocycles. The minimum absolute atomic E-state index is 0.00634. The molecule has 3 aliphatic rings. The van der Waals surface area contributed by atoms with E-state index in [9.17, 15) is 13.2 Å². The number of amides is 1. The molecule has 3 aromatic rings. The first-order valence-corrected chi connectivity index (χ1v) is 14.7. The third-order valence-electron chi connectivity index (χ3n) is 7.11. The lowest BCUT2D eigenvalue weighted by Gasteiger charge is -2.25. The van der Waals surface area contributed by atoms with E-state index in [0.717, 1.165) is 60.5 Å². The Hall–Kier alpha value is -2.77. The summed E-state index contributed by atoms with van der Waals surface area (Å²) < 4.78 is 33.6. The summed E-state index contributed by atoms with van der Waals surface area (Å²) in [6, 6.07) is 1.91. The third-order valence-corrected chi connectivity index (χ3v) is 9.98. The lowest BCUT2D eigenvalue weighted by atomic mass is 9.94. The number of sulfonamides is 1.